The molecule has 0 unspecified atom stereocenters. The molecule has 0 atom stereocenters. The Morgan fingerprint density at radius 3 is 2.05 bits per heavy atom. The lowest BCUT2D eigenvalue weighted by Gasteiger charge is -2.18. The molecule has 0 saturated carbocycles. The number of hydrogen-bond acceptors (Lipinski definition) is 4. The van der Waals surface area contributed by atoms with Gasteiger partial charge in [-0.15, -0.1) is 0 Å². The minimum Gasteiger partial charge on any atom is -0.497 e. The molecule has 1 N–H and O–H groups in total. The SMILES string of the molecule is CCN(CC)CCNCc1cc(OC)cc(OC)c1. The van der Waals surface area contributed by atoms with E-state index in [0.717, 1.165) is 44.2 Å². The molecular weight excluding hydrogens is 240 g/mol. The summed E-state index contributed by atoms with van der Waals surface area (Å²) in [4.78, 5) is 2.40. The molecule has 0 amide bonds. The molecule has 0 heterocycles. The number of hydrogen-bond donors (Lipinski definition) is 1. The van der Waals surface area contributed by atoms with Gasteiger partial charge < -0.3 is 19.7 Å². The molecular formula is C15H26N2O2. The molecule has 0 aromatic heterocycles. The van der Waals surface area contributed by atoms with E-state index in [1.807, 2.05) is 18.2 Å². The van der Waals surface area contributed by atoms with Crippen molar-refractivity contribution in [2.24, 2.45) is 0 Å². The second-order valence-electron chi connectivity index (χ2n) is 4.42. The Morgan fingerprint density at radius 2 is 1.58 bits per heavy atom. The number of nitrogens with one attached hydrogen (secondary N) is 1. The van der Waals surface area contributed by atoms with Crippen LogP contribution >= 0.6 is 0 Å². The summed E-state index contributed by atoms with van der Waals surface area (Å²) in [5, 5.41) is 3.45. The maximum Gasteiger partial charge on any atom is 0.122 e. The van der Waals surface area contributed by atoms with Gasteiger partial charge in [-0.3, -0.25) is 0 Å². The molecule has 1 aromatic rings. The van der Waals surface area contributed by atoms with Gasteiger partial charge in [0.25, 0.3) is 0 Å². The lowest BCUT2D eigenvalue weighted by Crippen LogP contribution is -2.31. The Bertz CT molecular complexity index is 343. The van der Waals surface area contributed by atoms with Crippen LogP contribution in [0.4, 0.5) is 0 Å². The lowest BCUT2D eigenvalue weighted by atomic mass is 10.2. The molecule has 19 heavy (non-hydrogen) atoms. The molecule has 1 aromatic carbocycles. The summed E-state index contributed by atoms with van der Waals surface area (Å²) in [6.07, 6.45) is 0. The van der Waals surface area contributed by atoms with Gasteiger partial charge >= 0.3 is 0 Å². The van der Waals surface area contributed by atoms with Crippen LogP contribution in [0.3, 0.4) is 0 Å². The summed E-state index contributed by atoms with van der Waals surface area (Å²) in [7, 11) is 3.35. The van der Waals surface area contributed by atoms with Crippen LogP contribution in [0.15, 0.2) is 18.2 Å². The Balaban J connectivity index is 2.44. The lowest BCUT2D eigenvalue weighted by molar-refractivity contribution is 0.302. The van der Waals surface area contributed by atoms with Gasteiger partial charge in [0.2, 0.25) is 0 Å². The highest BCUT2D eigenvalue weighted by Crippen LogP contribution is 2.22. The molecule has 0 fully saturated rings. The normalized spacial score (nSPS) is 10.8. The molecule has 4 heteroatoms. The first-order valence-corrected chi connectivity index (χ1v) is 6.88. The first kappa shape index (κ1) is 15.8. The molecule has 108 valence electrons. The molecule has 0 bridgehead atoms. The fourth-order valence-electron chi connectivity index (χ4n) is 1.98. The highest BCUT2D eigenvalue weighted by Gasteiger charge is 2.02. The average molecular weight is 266 g/mol. The number of ether oxygens (including phenoxy) is 2. The average Bonchev–Trinajstić information content (AvgIpc) is 2.47. The standard InChI is InChI=1S/C15H26N2O2/c1-5-17(6-2)8-7-16-12-13-9-14(18-3)11-15(10-13)19-4/h9-11,16H,5-8,12H2,1-4H3. The van der Waals surface area contributed by atoms with Crippen molar-refractivity contribution in [3.05, 3.63) is 23.8 Å². The highest BCUT2D eigenvalue weighted by molar-refractivity contribution is 5.38. The van der Waals surface area contributed by atoms with E-state index in [-0.39, 0.29) is 0 Å². The summed E-state index contributed by atoms with van der Waals surface area (Å²) in [5.74, 6) is 1.67. The second kappa shape index (κ2) is 8.77. The molecule has 4 nitrogen and oxygen atoms in total. The van der Waals surface area contributed by atoms with E-state index in [4.69, 9.17) is 9.47 Å². The van der Waals surface area contributed by atoms with Gasteiger partial charge in [-0.25, -0.2) is 0 Å². The zero-order valence-corrected chi connectivity index (χ0v) is 12.5. The van der Waals surface area contributed by atoms with Crippen LogP contribution in [0.25, 0.3) is 0 Å². The Morgan fingerprint density at radius 1 is 1.00 bits per heavy atom. The minimum absolute atomic E-state index is 0.828. The first-order chi connectivity index (χ1) is 9.23. The number of methoxy groups -OCH3 is 2. The number of nitrogens with zero attached hydrogens (tertiary/aromatic N) is 1. The fourth-order valence-corrected chi connectivity index (χ4v) is 1.98. The van der Waals surface area contributed by atoms with Crippen LogP contribution in [0.1, 0.15) is 19.4 Å². The van der Waals surface area contributed by atoms with Crippen LogP contribution in [-0.4, -0.2) is 45.3 Å². The van der Waals surface area contributed by atoms with Gasteiger partial charge in [-0.1, -0.05) is 13.8 Å². The summed E-state index contributed by atoms with van der Waals surface area (Å²) in [6, 6.07) is 5.96. The smallest absolute Gasteiger partial charge is 0.122 e. The number of benzene rings is 1. The predicted octanol–water partition coefficient (Wildman–Crippen LogP) is 2.14. The zero-order chi connectivity index (χ0) is 14.1. The predicted molar refractivity (Wildman–Crippen MR) is 79.0 cm³/mol. The van der Waals surface area contributed by atoms with E-state index >= 15 is 0 Å². The van der Waals surface area contributed by atoms with Crippen LogP contribution in [0.5, 0.6) is 11.5 Å². The van der Waals surface area contributed by atoms with Crippen molar-refractivity contribution in [3.63, 3.8) is 0 Å². The fraction of sp³-hybridized carbons (Fsp3) is 0.600. The summed E-state index contributed by atoms with van der Waals surface area (Å²) in [5.41, 5.74) is 1.18. The van der Waals surface area contributed by atoms with E-state index in [1.165, 1.54) is 5.56 Å². The van der Waals surface area contributed by atoms with E-state index in [1.54, 1.807) is 14.2 Å². The van der Waals surface area contributed by atoms with Crippen molar-refractivity contribution >= 4 is 0 Å². The third-order valence-corrected chi connectivity index (χ3v) is 3.24. The number of likely N-dealkylation sites (N-methyl/N-ethyl adjacent to an activating group) is 1. The summed E-state index contributed by atoms with van der Waals surface area (Å²) >= 11 is 0. The van der Waals surface area contributed by atoms with Crippen molar-refractivity contribution in [2.45, 2.75) is 20.4 Å². The van der Waals surface area contributed by atoms with Crippen molar-refractivity contribution in [1.82, 2.24) is 10.2 Å². The molecule has 0 aliphatic rings. The molecule has 0 spiro atoms. The molecule has 0 radical (unpaired) electrons. The third-order valence-electron chi connectivity index (χ3n) is 3.24. The minimum atomic E-state index is 0.828. The van der Waals surface area contributed by atoms with Gasteiger partial charge in [0, 0.05) is 25.7 Å². The van der Waals surface area contributed by atoms with Crippen molar-refractivity contribution in [3.8, 4) is 11.5 Å². The highest BCUT2D eigenvalue weighted by atomic mass is 16.5. The van der Waals surface area contributed by atoms with Crippen molar-refractivity contribution in [2.75, 3.05) is 40.4 Å². The van der Waals surface area contributed by atoms with E-state index < -0.39 is 0 Å². The number of rotatable bonds is 9. The molecule has 0 aliphatic heterocycles. The van der Waals surface area contributed by atoms with E-state index in [9.17, 15) is 0 Å². The maximum atomic E-state index is 5.26. The van der Waals surface area contributed by atoms with Gasteiger partial charge in [-0.2, -0.15) is 0 Å². The van der Waals surface area contributed by atoms with Crippen molar-refractivity contribution < 1.29 is 9.47 Å². The quantitative estimate of drug-likeness (QED) is 0.694. The van der Waals surface area contributed by atoms with Gasteiger partial charge in [0.15, 0.2) is 0 Å². The maximum absolute atomic E-state index is 5.26. The monoisotopic (exact) mass is 266 g/mol. The van der Waals surface area contributed by atoms with Crippen LogP contribution in [0.2, 0.25) is 0 Å². The van der Waals surface area contributed by atoms with Gasteiger partial charge in [-0.05, 0) is 30.8 Å². The largest absolute Gasteiger partial charge is 0.497 e. The third kappa shape index (κ3) is 5.49. The first-order valence-electron chi connectivity index (χ1n) is 6.88. The summed E-state index contributed by atoms with van der Waals surface area (Å²) < 4.78 is 10.5. The van der Waals surface area contributed by atoms with Crippen LogP contribution in [-0.2, 0) is 6.54 Å². The van der Waals surface area contributed by atoms with E-state index in [2.05, 4.69) is 24.1 Å². The Hall–Kier alpha value is -1.26. The van der Waals surface area contributed by atoms with Crippen molar-refractivity contribution in [1.29, 1.82) is 0 Å². The summed E-state index contributed by atoms with van der Waals surface area (Å²) in [6.45, 7) is 9.48. The Kier molecular flexibility index (Phi) is 7.30. The molecule has 1 rings (SSSR count). The Labute approximate surface area is 116 Å². The van der Waals surface area contributed by atoms with Crippen LogP contribution < -0.4 is 14.8 Å². The topological polar surface area (TPSA) is 33.7 Å². The van der Waals surface area contributed by atoms with Gasteiger partial charge in [0.05, 0.1) is 14.2 Å². The van der Waals surface area contributed by atoms with Gasteiger partial charge in [0.1, 0.15) is 11.5 Å². The zero-order valence-electron chi connectivity index (χ0n) is 12.5. The van der Waals surface area contributed by atoms with Crippen LogP contribution in [0, 0.1) is 0 Å². The molecule has 0 aliphatic carbocycles. The van der Waals surface area contributed by atoms with E-state index in [0.29, 0.717) is 0 Å². The second-order valence-corrected chi connectivity index (χ2v) is 4.42. The molecule has 0 saturated heterocycles.